The summed E-state index contributed by atoms with van der Waals surface area (Å²) < 4.78 is 24.8. The Morgan fingerprint density at radius 3 is 2.45 bits per heavy atom. The van der Waals surface area contributed by atoms with Crippen LogP contribution in [0.5, 0.6) is 0 Å². The van der Waals surface area contributed by atoms with E-state index >= 15 is 0 Å². The Hall–Kier alpha value is -2.05. The van der Waals surface area contributed by atoms with Crippen LogP contribution in [-0.4, -0.2) is 20.6 Å². The summed E-state index contributed by atoms with van der Waals surface area (Å²) in [6.45, 7) is 1.87. The van der Waals surface area contributed by atoms with E-state index in [1.165, 1.54) is 18.2 Å². The molecule has 0 atom stereocenters. The smallest absolute Gasteiger partial charge is 0.257 e. The van der Waals surface area contributed by atoms with E-state index in [4.69, 9.17) is 11.6 Å². The van der Waals surface area contributed by atoms with Gasteiger partial charge in [0.2, 0.25) is 10.0 Å². The van der Waals surface area contributed by atoms with Crippen molar-refractivity contribution in [3.05, 3.63) is 58.6 Å². The number of amides is 1. The van der Waals surface area contributed by atoms with Crippen molar-refractivity contribution in [3.63, 3.8) is 0 Å². The van der Waals surface area contributed by atoms with Crippen LogP contribution < -0.4 is 10.0 Å². The maximum atomic E-state index is 12.3. The highest BCUT2D eigenvalue weighted by atomic mass is 35.5. The van der Waals surface area contributed by atoms with Crippen LogP contribution in [0.1, 0.15) is 15.9 Å². The number of hydrogen-bond acceptors (Lipinski definition) is 3. The monoisotopic (exact) mass is 338 g/mol. The Kier molecular flexibility index (Phi) is 4.73. The number of benzene rings is 2. The molecule has 2 rings (SSSR count). The molecule has 0 unspecified atom stereocenters. The van der Waals surface area contributed by atoms with Crippen LogP contribution in [0.25, 0.3) is 0 Å². The number of rotatable bonds is 4. The normalized spacial score (nSPS) is 11.0. The first-order valence-electron chi connectivity index (χ1n) is 6.40. The lowest BCUT2D eigenvalue weighted by molar-refractivity contribution is 0.102. The van der Waals surface area contributed by atoms with Gasteiger partial charge in [-0.2, -0.15) is 0 Å². The summed E-state index contributed by atoms with van der Waals surface area (Å²) in [7, 11) is -3.42. The maximum absolute atomic E-state index is 12.3. The number of hydrogen-bond donors (Lipinski definition) is 2. The van der Waals surface area contributed by atoms with Crippen molar-refractivity contribution in [3.8, 4) is 0 Å². The van der Waals surface area contributed by atoms with Crippen molar-refractivity contribution in [2.45, 2.75) is 6.92 Å². The molecule has 0 spiro atoms. The first-order valence-corrected chi connectivity index (χ1v) is 8.67. The van der Waals surface area contributed by atoms with Gasteiger partial charge in [0.1, 0.15) is 0 Å². The Morgan fingerprint density at radius 2 is 1.82 bits per heavy atom. The molecule has 2 aromatic rings. The zero-order valence-electron chi connectivity index (χ0n) is 12.1. The third kappa shape index (κ3) is 4.22. The van der Waals surface area contributed by atoms with Crippen LogP contribution in [0.3, 0.4) is 0 Å². The van der Waals surface area contributed by atoms with Crippen LogP contribution in [-0.2, 0) is 10.0 Å². The van der Waals surface area contributed by atoms with Crippen molar-refractivity contribution in [2.24, 2.45) is 0 Å². The molecule has 0 heterocycles. The minimum absolute atomic E-state index is 0.193. The number of para-hydroxylation sites is 1. The second kappa shape index (κ2) is 6.37. The minimum Gasteiger partial charge on any atom is -0.322 e. The van der Waals surface area contributed by atoms with Gasteiger partial charge in [-0.3, -0.25) is 9.52 Å². The van der Waals surface area contributed by atoms with E-state index < -0.39 is 15.9 Å². The van der Waals surface area contributed by atoms with Gasteiger partial charge < -0.3 is 5.32 Å². The summed E-state index contributed by atoms with van der Waals surface area (Å²) in [6, 6.07) is 11.7. The molecule has 5 nitrogen and oxygen atoms in total. The van der Waals surface area contributed by atoms with Crippen LogP contribution in [0.4, 0.5) is 11.4 Å². The number of nitrogens with one attached hydrogen (secondary N) is 2. The molecule has 0 aromatic heterocycles. The van der Waals surface area contributed by atoms with Gasteiger partial charge in [-0.15, -0.1) is 0 Å². The molecule has 2 aromatic carbocycles. The first-order chi connectivity index (χ1) is 10.3. The van der Waals surface area contributed by atoms with Gasteiger partial charge in [0, 0.05) is 11.4 Å². The average Bonchev–Trinajstić information content (AvgIpc) is 2.42. The topological polar surface area (TPSA) is 75.3 Å². The highest BCUT2D eigenvalue weighted by molar-refractivity contribution is 7.92. The van der Waals surface area contributed by atoms with Crippen LogP contribution in [0.2, 0.25) is 5.02 Å². The number of aryl methyl sites for hydroxylation is 1. The summed E-state index contributed by atoms with van der Waals surface area (Å²) in [5, 5.41) is 3.00. The fourth-order valence-corrected chi connectivity index (χ4v) is 2.64. The van der Waals surface area contributed by atoms with Crippen molar-refractivity contribution in [2.75, 3.05) is 16.3 Å². The third-order valence-electron chi connectivity index (χ3n) is 2.91. The van der Waals surface area contributed by atoms with E-state index in [0.717, 1.165) is 11.8 Å². The lowest BCUT2D eigenvalue weighted by Gasteiger charge is -2.11. The number of halogens is 1. The molecule has 0 fully saturated rings. The Morgan fingerprint density at radius 1 is 1.14 bits per heavy atom. The average molecular weight is 339 g/mol. The quantitative estimate of drug-likeness (QED) is 0.898. The largest absolute Gasteiger partial charge is 0.322 e. The Labute approximate surface area is 134 Å². The van der Waals surface area contributed by atoms with Gasteiger partial charge in [0.15, 0.2) is 0 Å². The molecular formula is C15H15ClN2O3S. The molecule has 2 N–H and O–H groups in total. The Balaban J connectivity index is 2.29. The van der Waals surface area contributed by atoms with Crippen molar-refractivity contribution in [1.82, 2.24) is 0 Å². The molecule has 0 saturated carbocycles. The predicted octanol–water partition coefficient (Wildman–Crippen LogP) is 3.27. The summed E-state index contributed by atoms with van der Waals surface area (Å²) in [5.41, 5.74) is 2.06. The fraction of sp³-hybridized carbons (Fsp3) is 0.133. The third-order valence-corrected chi connectivity index (χ3v) is 3.84. The SMILES string of the molecule is Cc1ccccc1NC(=O)c1cc(NS(C)(=O)=O)ccc1Cl. The number of carbonyl (C=O) groups excluding carboxylic acids is 1. The molecule has 0 aliphatic carbocycles. The first kappa shape index (κ1) is 16.3. The van der Waals surface area contributed by atoms with E-state index in [1.54, 1.807) is 6.07 Å². The second-order valence-corrected chi connectivity index (χ2v) is 6.99. The summed E-state index contributed by atoms with van der Waals surface area (Å²) >= 11 is 6.03. The number of anilines is 2. The van der Waals surface area contributed by atoms with Crippen molar-refractivity contribution >= 4 is 38.9 Å². The lowest BCUT2D eigenvalue weighted by atomic mass is 10.1. The van der Waals surface area contributed by atoms with Crippen LogP contribution in [0.15, 0.2) is 42.5 Å². The standard InChI is InChI=1S/C15H15ClN2O3S/c1-10-5-3-4-6-14(10)17-15(19)12-9-11(7-8-13(12)16)18-22(2,20)21/h3-9,18H,1-2H3,(H,17,19). The van der Waals surface area contributed by atoms with Gasteiger partial charge >= 0.3 is 0 Å². The van der Waals surface area contributed by atoms with Gasteiger partial charge in [0.05, 0.1) is 16.8 Å². The molecule has 22 heavy (non-hydrogen) atoms. The molecule has 7 heteroatoms. The van der Waals surface area contributed by atoms with E-state index in [9.17, 15) is 13.2 Å². The van der Waals surface area contributed by atoms with E-state index in [1.807, 2.05) is 25.1 Å². The van der Waals surface area contributed by atoms with Crippen molar-refractivity contribution < 1.29 is 13.2 Å². The zero-order valence-corrected chi connectivity index (χ0v) is 13.6. The molecule has 116 valence electrons. The molecule has 0 aliphatic rings. The summed E-state index contributed by atoms with van der Waals surface area (Å²) in [4.78, 5) is 12.3. The van der Waals surface area contributed by atoms with Gasteiger partial charge in [-0.05, 0) is 36.8 Å². The van der Waals surface area contributed by atoms with Gasteiger partial charge in [-0.1, -0.05) is 29.8 Å². The summed E-state index contributed by atoms with van der Waals surface area (Å²) in [6.07, 6.45) is 1.04. The molecule has 1 amide bonds. The van der Waals surface area contributed by atoms with E-state index in [-0.39, 0.29) is 16.3 Å². The maximum Gasteiger partial charge on any atom is 0.257 e. The second-order valence-electron chi connectivity index (χ2n) is 4.84. The van der Waals surface area contributed by atoms with Gasteiger partial charge in [0.25, 0.3) is 5.91 Å². The van der Waals surface area contributed by atoms with Crippen LogP contribution >= 0.6 is 11.6 Å². The Bertz CT molecular complexity index is 819. The number of carbonyl (C=O) groups is 1. The summed E-state index contributed by atoms with van der Waals surface area (Å²) in [5.74, 6) is -0.406. The molecule has 0 radical (unpaired) electrons. The van der Waals surface area contributed by atoms with E-state index in [2.05, 4.69) is 10.0 Å². The minimum atomic E-state index is -3.42. The van der Waals surface area contributed by atoms with Crippen molar-refractivity contribution in [1.29, 1.82) is 0 Å². The number of sulfonamides is 1. The highest BCUT2D eigenvalue weighted by Gasteiger charge is 2.13. The molecule has 0 bridgehead atoms. The molecule has 0 saturated heterocycles. The fourth-order valence-electron chi connectivity index (χ4n) is 1.88. The lowest BCUT2D eigenvalue weighted by Crippen LogP contribution is -2.15. The highest BCUT2D eigenvalue weighted by Crippen LogP contribution is 2.23. The zero-order chi connectivity index (χ0) is 16.3. The van der Waals surface area contributed by atoms with E-state index in [0.29, 0.717) is 5.69 Å². The molecule has 0 aliphatic heterocycles. The predicted molar refractivity (Wildman–Crippen MR) is 89.1 cm³/mol. The molecular weight excluding hydrogens is 324 g/mol. The van der Waals surface area contributed by atoms with Crippen LogP contribution in [0, 0.1) is 6.92 Å². The van der Waals surface area contributed by atoms with Gasteiger partial charge in [-0.25, -0.2) is 8.42 Å².